The normalized spacial score (nSPS) is 11.1. The summed E-state index contributed by atoms with van der Waals surface area (Å²) in [7, 11) is -1.62. The average molecular weight is 444 g/mol. The summed E-state index contributed by atoms with van der Waals surface area (Å²) in [6.07, 6.45) is 0. The third-order valence-electron chi connectivity index (χ3n) is 3.40. The number of hydrogen-bond acceptors (Lipinski definition) is 9. The number of thiophene rings is 1. The van der Waals surface area contributed by atoms with E-state index in [1.807, 2.05) is 4.72 Å². The molecule has 0 saturated carbocycles. The van der Waals surface area contributed by atoms with Crippen LogP contribution in [0.3, 0.4) is 0 Å². The zero-order valence-electron chi connectivity index (χ0n) is 16.4. The summed E-state index contributed by atoms with van der Waals surface area (Å²) in [5.74, 6) is -0.563. The maximum absolute atomic E-state index is 12.7. The first-order valence-corrected chi connectivity index (χ1v) is 10.6. The summed E-state index contributed by atoms with van der Waals surface area (Å²) >= 11 is 1.08. The van der Waals surface area contributed by atoms with Crippen LogP contribution in [-0.4, -0.2) is 50.6 Å². The van der Waals surface area contributed by atoms with Crippen LogP contribution < -0.4 is 24.8 Å². The maximum atomic E-state index is 12.7. The molecule has 0 aliphatic heterocycles. The molecule has 0 aliphatic carbocycles. The van der Waals surface area contributed by atoms with E-state index < -0.39 is 22.0 Å². The molecule has 2 aromatic rings. The van der Waals surface area contributed by atoms with E-state index >= 15 is 0 Å². The fraction of sp³-hybridized carbons (Fsp3) is 0.375. The molecule has 0 saturated heterocycles. The molecule has 29 heavy (non-hydrogen) atoms. The van der Waals surface area contributed by atoms with Crippen molar-refractivity contribution in [1.82, 2.24) is 20.0 Å². The molecule has 0 radical (unpaired) electrons. The van der Waals surface area contributed by atoms with E-state index in [4.69, 9.17) is 9.47 Å². The number of aromatic nitrogens is 2. The fourth-order valence-corrected chi connectivity index (χ4v) is 4.74. The van der Waals surface area contributed by atoms with Crippen LogP contribution in [0.1, 0.15) is 29.1 Å². The summed E-state index contributed by atoms with van der Waals surface area (Å²) in [6.45, 7) is 5.04. The minimum absolute atomic E-state index is 0.0409. The topological polar surface area (TPSA) is 149 Å². The Morgan fingerprint density at radius 1 is 1.14 bits per heavy atom. The van der Waals surface area contributed by atoms with Crippen molar-refractivity contribution in [2.24, 2.45) is 0 Å². The first-order chi connectivity index (χ1) is 13.6. The lowest BCUT2D eigenvalue weighted by atomic mass is 10.2. The second-order valence-electron chi connectivity index (χ2n) is 6.00. The van der Waals surface area contributed by atoms with Crippen molar-refractivity contribution in [1.29, 1.82) is 0 Å². The molecule has 13 heteroatoms. The van der Waals surface area contributed by atoms with Crippen LogP contribution in [0.25, 0.3) is 0 Å². The molecule has 0 aromatic carbocycles. The summed E-state index contributed by atoms with van der Waals surface area (Å²) < 4.78 is 37.3. The van der Waals surface area contributed by atoms with Gasteiger partial charge in [-0.1, -0.05) is 0 Å². The van der Waals surface area contributed by atoms with Gasteiger partial charge in [0.1, 0.15) is 4.90 Å². The van der Waals surface area contributed by atoms with Crippen LogP contribution in [-0.2, 0) is 10.0 Å². The molecule has 2 aromatic heterocycles. The Bertz CT molecular complexity index is 997. The molecule has 0 spiro atoms. The van der Waals surface area contributed by atoms with Crippen molar-refractivity contribution in [2.45, 2.75) is 31.7 Å². The predicted molar refractivity (Wildman–Crippen MR) is 106 cm³/mol. The summed E-state index contributed by atoms with van der Waals surface area (Å²) in [4.78, 5) is 32.4. The highest BCUT2D eigenvalue weighted by Gasteiger charge is 2.29. The molecule has 2 rings (SSSR count). The highest BCUT2D eigenvalue weighted by atomic mass is 32.2. The highest BCUT2D eigenvalue weighted by Crippen LogP contribution is 2.27. The van der Waals surface area contributed by atoms with Crippen LogP contribution in [0.15, 0.2) is 16.3 Å². The van der Waals surface area contributed by atoms with Gasteiger partial charge in [0.2, 0.25) is 17.7 Å². The molecule has 3 amide bonds. The Morgan fingerprint density at radius 2 is 1.72 bits per heavy atom. The van der Waals surface area contributed by atoms with Crippen LogP contribution in [0.2, 0.25) is 0 Å². The lowest BCUT2D eigenvalue weighted by Crippen LogP contribution is -2.37. The van der Waals surface area contributed by atoms with E-state index in [0.717, 1.165) is 11.3 Å². The van der Waals surface area contributed by atoms with Gasteiger partial charge in [-0.15, -0.1) is 11.3 Å². The number of aryl methyl sites for hydroxylation is 1. The number of sulfonamides is 1. The molecule has 0 aliphatic rings. The number of methoxy groups -OCH3 is 2. The molecule has 158 valence electrons. The van der Waals surface area contributed by atoms with E-state index in [0.29, 0.717) is 4.88 Å². The van der Waals surface area contributed by atoms with E-state index in [1.54, 1.807) is 20.8 Å². The lowest BCUT2D eigenvalue weighted by molar-refractivity contribution is 0.0940. The number of carbonyl (C=O) groups is 2. The van der Waals surface area contributed by atoms with Gasteiger partial charge in [-0.05, 0) is 20.8 Å². The second-order valence-corrected chi connectivity index (χ2v) is 8.70. The van der Waals surface area contributed by atoms with Gasteiger partial charge in [-0.3, -0.25) is 10.1 Å². The monoisotopic (exact) mass is 443 g/mol. The van der Waals surface area contributed by atoms with Gasteiger partial charge < -0.3 is 14.8 Å². The largest absolute Gasteiger partial charge is 0.481 e. The first-order valence-electron chi connectivity index (χ1n) is 8.27. The number of amides is 3. The predicted octanol–water partition coefficient (Wildman–Crippen LogP) is 1.51. The fourth-order valence-electron chi connectivity index (χ4n) is 2.24. The Morgan fingerprint density at radius 3 is 2.24 bits per heavy atom. The van der Waals surface area contributed by atoms with E-state index in [1.165, 1.54) is 25.7 Å². The van der Waals surface area contributed by atoms with Crippen molar-refractivity contribution in [3.05, 3.63) is 21.9 Å². The van der Waals surface area contributed by atoms with Gasteiger partial charge in [0, 0.05) is 16.3 Å². The molecule has 0 fully saturated rings. The number of carbonyl (C=O) groups excluding carboxylic acids is 2. The van der Waals surface area contributed by atoms with Gasteiger partial charge in [0.05, 0.1) is 25.8 Å². The van der Waals surface area contributed by atoms with E-state index in [9.17, 15) is 18.0 Å². The quantitative estimate of drug-likeness (QED) is 0.583. The minimum Gasteiger partial charge on any atom is -0.481 e. The Labute approximate surface area is 171 Å². The Kier molecular flexibility index (Phi) is 6.97. The molecule has 0 atom stereocenters. The standard InChI is InChI=1S/C16H21N5O6S2/c1-8(2)17-14(22)10-7-28-9(3)13(10)29(24,25)21-16(23)20-15-18-11(26-4)6-12(19-15)27-5/h6-8H,1-5H3,(H,17,22)(H2,18,19,20,21,23). The van der Waals surface area contributed by atoms with E-state index in [2.05, 4.69) is 20.6 Å². The van der Waals surface area contributed by atoms with Crippen molar-refractivity contribution in [3.63, 3.8) is 0 Å². The molecule has 3 N–H and O–H groups in total. The van der Waals surface area contributed by atoms with Gasteiger partial charge in [-0.25, -0.2) is 17.9 Å². The number of urea groups is 1. The van der Waals surface area contributed by atoms with Gasteiger partial charge >= 0.3 is 6.03 Å². The lowest BCUT2D eigenvalue weighted by Gasteiger charge is -2.12. The first kappa shape index (κ1) is 22.4. The number of rotatable bonds is 7. The molecular weight excluding hydrogens is 422 g/mol. The molecule has 0 bridgehead atoms. The van der Waals surface area contributed by atoms with Crippen molar-refractivity contribution >= 4 is 39.2 Å². The van der Waals surface area contributed by atoms with Crippen LogP contribution in [0.5, 0.6) is 11.8 Å². The number of anilines is 1. The number of hydrogen-bond donors (Lipinski definition) is 3. The van der Waals surface area contributed by atoms with Gasteiger partial charge in [0.25, 0.3) is 15.9 Å². The summed E-state index contributed by atoms with van der Waals surface area (Å²) in [6, 6.07) is 0.0876. The maximum Gasteiger partial charge on any atom is 0.335 e. The van der Waals surface area contributed by atoms with Crippen molar-refractivity contribution in [3.8, 4) is 11.8 Å². The zero-order valence-corrected chi connectivity index (χ0v) is 18.0. The number of nitrogens with zero attached hydrogens (tertiary/aromatic N) is 2. The third kappa shape index (κ3) is 5.54. The number of ether oxygens (including phenoxy) is 2. The van der Waals surface area contributed by atoms with Crippen molar-refractivity contribution < 1.29 is 27.5 Å². The van der Waals surface area contributed by atoms with Crippen LogP contribution >= 0.6 is 11.3 Å². The number of nitrogens with one attached hydrogen (secondary N) is 3. The van der Waals surface area contributed by atoms with Crippen LogP contribution in [0, 0.1) is 6.92 Å². The zero-order chi connectivity index (χ0) is 21.8. The van der Waals surface area contributed by atoms with Gasteiger partial charge in [-0.2, -0.15) is 9.97 Å². The van der Waals surface area contributed by atoms with Gasteiger partial charge in [0.15, 0.2) is 0 Å². The molecule has 11 nitrogen and oxygen atoms in total. The average Bonchev–Trinajstić information content (AvgIpc) is 3.02. The smallest absolute Gasteiger partial charge is 0.335 e. The molecular formula is C16H21N5O6S2. The minimum atomic E-state index is -4.34. The summed E-state index contributed by atoms with van der Waals surface area (Å²) in [5, 5.41) is 6.26. The third-order valence-corrected chi connectivity index (χ3v) is 5.96. The second kappa shape index (κ2) is 9.05. The van der Waals surface area contributed by atoms with Crippen LogP contribution in [0.4, 0.5) is 10.7 Å². The summed E-state index contributed by atoms with van der Waals surface area (Å²) in [5.41, 5.74) is -0.0409. The Balaban J connectivity index is 2.25. The SMILES string of the molecule is COc1cc(OC)nc(NC(=O)NS(=O)(=O)c2c(C(=O)NC(C)C)csc2C)n1. The Hall–Kier alpha value is -2.93. The van der Waals surface area contributed by atoms with E-state index in [-0.39, 0.29) is 34.2 Å². The van der Waals surface area contributed by atoms with Crippen molar-refractivity contribution in [2.75, 3.05) is 19.5 Å². The molecule has 2 heterocycles. The highest BCUT2D eigenvalue weighted by molar-refractivity contribution is 7.90. The molecule has 0 unspecified atom stereocenters.